The Morgan fingerprint density at radius 3 is 2.85 bits per heavy atom. The molecule has 0 unspecified atom stereocenters. The Kier molecular flexibility index (Phi) is 6.48. The molecule has 0 bridgehead atoms. The minimum atomic E-state index is 0.732. The Hall–Kier alpha value is -0.930. The predicted octanol–water partition coefficient (Wildman–Crippen LogP) is 5.22. The van der Waals surface area contributed by atoms with Crippen LogP contribution in [-0.4, -0.2) is 23.5 Å². The molecule has 0 atom stereocenters. The second-order valence-corrected chi connectivity index (χ2v) is 6.28. The molecule has 108 valence electrons. The molecule has 2 aromatic rings. The zero-order chi connectivity index (χ0) is 14.2. The minimum absolute atomic E-state index is 0.732. The summed E-state index contributed by atoms with van der Waals surface area (Å²) in [6, 6.07) is 7.89. The van der Waals surface area contributed by atoms with E-state index in [9.17, 15) is 0 Å². The van der Waals surface area contributed by atoms with Crippen LogP contribution in [0, 0.1) is 0 Å². The average Bonchev–Trinajstić information content (AvgIpc) is 2.46. The SMILES string of the molecule is CSCCCCCCNc1ccnc2cc(Cl)ccc12. The fourth-order valence-electron chi connectivity index (χ4n) is 2.22. The van der Waals surface area contributed by atoms with Crippen molar-refractivity contribution in [3.05, 3.63) is 35.5 Å². The number of pyridine rings is 1. The van der Waals surface area contributed by atoms with Gasteiger partial charge in [-0.05, 0) is 49.1 Å². The van der Waals surface area contributed by atoms with Gasteiger partial charge in [0.2, 0.25) is 0 Å². The number of fused-ring (bicyclic) bond motifs is 1. The number of hydrogen-bond donors (Lipinski definition) is 1. The van der Waals surface area contributed by atoms with Gasteiger partial charge >= 0.3 is 0 Å². The van der Waals surface area contributed by atoms with Gasteiger partial charge in [-0.15, -0.1) is 0 Å². The van der Waals surface area contributed by atoms with E-state index in [0.717, 1.165) is 28.2 Å². The Bertz CT molecular complexity index is 545. The number of benzene rings is 1. The molecule has 1 aromatic heterocycles. The van der Waals surface area contributed by atoms with Gasteiger partial charge in [0, 0.05) is 28.8 Å². The van der Waals surface area contributed by atoms with Gasteiger partial charge in [0.1, 0.15) is 0 Å². The first kappa shape index (κ1) is 15.5. The molecule has 0 fully saturated rings. The molecule has 2 nitrogen and oxygen atoms in total. The maximum absolute atomic E-state index is 6.00. The zero-order valence-electron chi connectivity index (χ0n) is 11.9. The van der Waals surface area contributed by atoms with Crippen LogP contribution in [0.1, 0.15) is 25.7 Å². The average molecular weight is 309 g/mol. The summed E-state index contributed by atoms with van der Waals surface area (Å²) in [5, 5.41) is 5.38. The molecule has 0 aliphatic rings. The fraction of sp³-hybridized carbons (Fsp3) is 0.438. The summed E-state index contributed by atoms with van der Waals surface area (Å²) >= 11 is 7.93. The van der Waals surface area contributed by atoms with Crippen LogP contribution in [0.15, 0.2) is 30.5 Å². The highest BCUT2D eigenvalue weighted by Gasteiger charge is 2.01. The standard InChI is InChI=1S/C16H21ClN2S/c1-20-11-5-3-2-4-9-18-15-8-10-19-16-12-13(17)6-7-14(15)16/h6-8,10,12H,2-5,9,11H2,1H3,(H,18,19). The molecule has 0 saturated carbocycles. The summed E-state index contributed by atoms with van der Waals surface area (Å²) in [4.78, 5) is 4.35. The van der Waals surface area contributed by atoms with Gasteiger partial charge in [0.05, 0.1) is 5.52 Å². The van der Waals surface area contributed by atoms with E-state index in [-0.39, 0.29) is 0 Å². The molecule has 0 aliphatic carbocycles. The molecule has 20 heavy (non-hydrogen) atoms. The molecule has 1 heterocycles. The van der Waals surface area contributed by atoms with Crippen LogP contribution in [0.2, 0.25) is 5.02 Å². The van der Waals surface area contributed by atoms with Crippen LogP contribution in [0.3, 0.4) is 0 Å². The lowest BCUT2D eigenvalue weighted by Gasteiger charge is -2.09. The second-order valence-electron chi connectivity index (χ2n) is 4.85. The van der Waals surface area contributed by atoms with E-state index in [4.69, 9.17) is 11.6 Å². The first-order chi connectivity index (χ1) is 9.81. The van der Waals surface area contributed by atoms with Crippen LogP contribution < -0.4 is 5.32 Å². The summed E-state index contributed by atoms with van der Waals surface area (Å²) in [7, 11) is 0. The van der Waals surface area contributed by atoms with Crippen LogP contribution in [0.25, 0.3) is 10.9 Å². The zero-order valence-corrected chi connectivity index (χ0v) is 13.4. The van der Waals surface area contributed by atoms with Crippen molar-refractivity contribution in [3.63, 3.8) is 0 Å². The number of thioether (sulfide) groups is 1. The highest BCUT2D eigenvalue weighted by atomic mass is 35.5. The van der Waals surface area contributed by atoms with Gasteiger partial charge in [-0.2, -0.15) is 11.8 Å². The smallest absolute Gasteiger partial charge is 0.0737 e. The van der Waals surface area contributed by atoms with Gasteiger partial charge in [-0.1, -0.05) is 24.4 Å². The third kappa shape index (κ3) is 4.57. The number of hydrogen-bond acceptors (Lipinski definition) is 3. The minimum Gasteiger partial charge on any atom is -0.384 e. The molecule has 0 radical (unpaired) electrons. The highest BCUT2D eigenvalue weighted by Crippen LogP contribution is 2.24. The largest absolute Gasteiger partial charge is 0.384 e. The molecule has 4 heteroatoms. The quantitative estimate of drug-likeness (QED) is 0.676. The van der Waals surface area contributed by atoms with Crippen molar-refractivity contribution in [2.75, 3.05) is 23.9 Å². The van der Waals surface area contributed by atoms with Crippen molar-refractivity contribution in [2.24, 2.45) is 0 Å². The number of nitrogens with zero attached hydrogens (tertiary/aromatic N) is 1. The van der Waals surface area contributed by atoms with Gasteiger partial charge in [-0.3, -0.25) is 4.98 Å². The van der Waals surface area contributed by atoms with Crippen LogP contribution >= 0.6 is 23.4 Å². The maximum Gasteiger partial charge on any atom is 0.0737 e. The second kappa shape index (κ2) is 8.38. The molecule has 0 aliphatic heterocycles. The van der Waals surface area contributed by atoms with E-state index < -0.39 is 0 Å². The maximum atomic E-state index is 6.00. The van der Waals surface area contributed by atoms with Crippen LogP contribution in [0.5, 0.6) is 0 Å². The number of unbranched alkanes of at least 4 members (excludes halogenated alkanes) is 3. The van der Waals surface area contributed by atoms with Gasteiger partial charge in [0.25, 0.3) is 0 Å². The summed E-state index contributed by atoms with van der Waals surface area (Å²) in [6.07, 6.45) is 9.17. The predicted molar refractivity (Wildman–Crippen MR) is 92.1 cm³/mol. The normalized spacial score (nSPS) is 10.9. The monoisotopic (exact) mass is 308 g/mol. The molecule has 0 saturated heterocycles. The van der Waals surface area contributed by atoms with E-state index in [2.05, 4.69) is 16.6 Å². The summed E-state index contributed by atoms with van der Waals surface area (Å²) in [5.41, 5.74) is 2.10. The van der Waals surface area contributed by atoms with Crippen molar-refractivity contribution < 1.29 is 0 Å². The lowest BCUT2D eigenvalue weighted by Crippen LogP contribution is -2.02. The molecule has 2 rings (SSSR count). The number of anilines is 1. The van der Waals surface area contributed by atoms with Crippen LogP contribution in [-0.2, 0) is 0 Å². The Morgan fingerprint density at radius 1 is 1.15 bits per heavy atom. The molecule has 0 amide bonds. The first-order valence-electron chi connectivity index (χ1n) is 7.08. The molecule has 0 spiro atoms. The Labute approximate surface area is 130 Å². The van der Waals surface area contributed by atoms with Crippen molar-refractivity contribution >= 4 is 40.0 Å². The fourth-order valence-corrected chi connectivity index (χ4v) is 2.88. The third-order valence-electron chi connectivity index (χ3n) is 3.30. The molecule has 1 aromatic carbocycles. The summed E-state index contributed by atoms with van der Waals surface area (Å²) in [5.74, 6) is 1.28. The molecular formula is C16H21ClN2S. The van der Waals surface area contributed by atoms with E-state index in [1.165, 1.54) is 31.4 Å². The van der Waals surface area contributed by atoms with Crippen molar-refractivity contribution in [2.45, 2.75) is 25.7 Å². The van der Waals surface area contributed by atoms with E-state index >= 15 is 0 Å². The number of rotatable bonds is 8. The summed E-state index contributed by atoms with van der Waals surface area (Å²) < 4.78 is 0. The Balaban J connectivity index is 1.84. The number of halogens is 1. The van der Waals surface area contributed by atoms with Gasteiger partial charge < -0.3 is 5.32 Å². The van der Waals surface area contributed by atoms with Crippen molar-refractivity contribution in [3.8, 4) is 0 Å². The third-order valence-corrected chi connectivity index (χ3v) is 4.23. The van der Waals surface area contributed by atoms with E-state index in [1.54, 1.807) is 0 Å². The van der Waals surface area contributed by atoms with Gasteiger partial charge in [-0.25, -0.2) is 0 Å². The highest BCUT2D eigenvalue weighted by molar-refractivity contribution is 7.98. The summed E-state index contributed by atoms with van der Waals surface area (Å²) in [6.45, 7) is 1.01. The van der Waals surface area contributed by atoms with Crippen molar-refractivity contribution in [1.82, 2.24) is 4.98 Å². The van der Waals surface area contributed by atoms with Gasteiger partial charge in [0.15, 0.2) is 0 Å². The van der Waals surface area contributed by atoms with Crippen LogP contribution in [0.4, 0.5) is 5.69 Å². The number of nitrogens with one attached hydrogen (secondary N) is 1. The first-order valence-corrected chi connectivity index (χ1v) is 8.85. The van der Waals surface area contributed by atoms with E-state index in [1.807, 2.05) is 42.2 Å². The lowest BCUT2D eigenvalue weighted by molar-refractivity contribution is 0.689. The topological polar surface area (TPSA) is 24.9 Å². The Morgan fingerprint density at radius 2 is 2.00 bits per heavy atom. The van der Waals surface area contributed by atoms with Crippen molar-refractivity contribution in [1.29, 1.82) is 0 Å². The molecular weight excluding hydrogens is 288 g/mol. The number of aromatic nitrogens is 1. The molecule has 1 N–H and O–H groups in total. The van der Waals surface area contributed by atoms with E-state index in [0.29, 0.717) is 0 Å². The lowest BCUT2D eigenvalue weighted by atomic mass is 10.1.